The maximum Gasteiger partial charge on any atom is 0.194 e. The Balaban J connectivity index is 1.94. The lowest BCUT2D eigenvalue weighted by molar-refractivity contribution is -0.122. The minimum Gasteiger partial charge on any atom is -0.475 e. The molecule has 2 rings (SSSR count). The lowest BCUT2D eigenvalue weighted by Crippen LogP contribution is -2.34. The van der Waals surface area contributed by atoms with E-state index in [4.69, 9.17) is 4.74 Å². The fourth-order valence-corrected chi connectivity index (χ4v) is 3.39. The van der Waals surface area contributed by atoms with E-state index in [1.54, 1.807) is 12.4 Å². The highest BCUT2D eigenvalue weighted by Crippen LogP contribution is 2.24. The van der Waals surface area contributed by atoms with Gasteiger partial charge < -0.3 is 4.74 Å². The van der Waals surface area contributed by atoms with Crippen molar-refractivity contribution in [2.75, 3.05) is 19.6 Å². The SMILES string of the molecule is CCN(CCC(C)C(=O)CC1=C(F)C=CC=CC1F)CC1=NC=C=CN=C(OC(C)(C)C)C1. The van der Waals surface area contributed by atoms with Gasteiger partial charge in [0.05, 0.1) is 18.8 Å². The van der Waals surface area contributed by atoms with E-state index in [2.05, 4.69) is 20.6 Å². The van der Waals surface area contributed by atoms with Crippen molar-refractivity contribution in [2.24, 2.45) is 15.9 Å². The van der Waals surface area contributed by atoms with E-state index < -0.39 is 12.0 Å². The van der Waals surface area contributed by atoms with Gasteiger partial charge in [0, 0.05) is 30.2 Å². The lowest BCUT2D eigenvalue weighted by Gasteiger charge is -2.25. The summed E-state index contributed by atoms with van der Waals surface area (Å²) in [7, 11) is 0. The maximum absolute atomic E-state index is 14.2. The highest BCUT2D eigenvalue weighted by molar-refractivity contribution is 6.02. The molecule has 0 amide bonds. The van der Waals surface area contributed by atoms with E-state index in [1.807, 2.05) is 34.6 Å². The average molecular weight is 460 g/mol. The van der Waals surface area contributed by atoms with E-state index in [9.17, 15) is 13.6 Å². The number of Topliss-reactive ketones (excluding diaryl/α,β-unsaturated/α-hetero) is 1. The number of hydrogen-bond donors (Lipinski definition) is 0. The van der Waals surface area contributed by atoms with Gasteiger partial charge in [0.1, 0.15) is 23.4 Å². The van der Waals surface area contributed by atoms with Crippen LogP contribution in [0.25, 0.3) is 0 Å². The largest absolute Gasteiger partial charge is 0.475 e. The Bertz CT molecular complexity index is 916. The minimum absolute atomic E-state index is 0.0985. The molecule has 0 aromatic carbocycles. The van der Waals surface area contributed by atoms with Crippen LogP contribution in [0.15, 0.2) is 63.8 Å². The van der Waals surface area contributed by atoms with Crippen LogP contribution in [0.1, 0.15) is 53.9 Å². The number of nitrogens with zero attached hydrogens (tertiary/aromatic N) is 3. The second-order valence-corrected chi connectivity index (χ2v) is 9.25. The summed E-state index contributed by atoms with van der Waals surface area (Å²) in [6, 6.07) is 0. The zero-order chi connectivity index (χ0) is 24.4. The molecule has 0 bridgehead atoms. The van der Waals surface area contributed by atoms with Crippen molar-refractivity contribution >= 4 is 17.4 Å². The van der Waals surface area contributed by atoms with Crippen molar-refractivity contribution in [3.63, 3.8) is 0 Å². The third-order valence-electron chi connectivity index (χ3n) is 5.30. The van der Waals surface area contributed by atoms with Gasteiger partial charge in [-0.05, 0) is 52.4 Å². The second-order valence-electron chi connectivity index (χ2n) is 9.25. The molecule has 2 unspecified atom stereocenters. The van der Waals surface area contributed by atoms with Crippen LogP contribution in [0.2, 0.25) is 0 Å². The molecule has 1 aliphatic heterocycles. The number of halogens is 2. The molecule has 0 radical (unpaired) electrons. The first-order valence-electron chi connectivity index (χ1n) is 11.4. The van der Waals surface area contributed by atoms with E-state index in [-0.39, 0.29) is 29.3 Å². The van der Waals surface area contributed by atoms with Crippen LogP contribution in [0.4, 0.5) is 8.78 Å². The molecule has 180 valence electrons. The molecular formula is C26H35F2N3O2. The summed E-state index contributed by atoms with van der Waals surface area (Å²) in [6.45, 7) is 11.8. The van der Waals surface area contributed by atoms with Gasteiger partial charge in [-0.25, -0.2) is 13.8 Å². The van der Waals surface area contributed by atoms with Crippen molar-refractivity contribution in [3.05, 3.63) is 53.8 Å². The zero-order valence-electron chi connectivity index (χ0n) is 20.3. The molecule has 0 aromatic rings. The highest BCUT2D eigenvalue weighted by atomic mass is 19.1. The number of carbonyl (C=O) groups is 1. The zero-order valence-corrected chi connectivity index (χ0v) is 20.3. The molecule has 2 aliphatic rings. The molecule has 1 heterocycles. The predicted octanol–water partition coefficient (Wildman–Crippen LogP) is 5.67. The van der Waals surface area contributed by atoms with Crippen molar-refractivity contribution in [2.45, 2.75) is 65.7 Å². The first-order chi connectivity index (χ1) is 15.6. The van der Waals surface area contributed by atoms with Gasteiger partial charge in [-0.3, -0.25) is 14.7 Å². The van der Waals surface area contributed by atoms with Crippen LogP contribution < -0.4 is 0 Å². The van der Waals surface area contributed by atoms with Crippen LogP contribution in [0.3, 0.4) is 0 Å². The van der Waals surface area contributed by atoms with E-state index in [1.165, 1.54) is 24.3 Å². The smallest absolute Gasteiger partial charge is 0.194 e. The third kappa shape index (κ3) is 9.40. The number of hydrogen-bond acceptors (Lipinski definition) is 5. The molecule has 0 saturated carbocycles. The summed E-state index contributed by atoms with van der Waals surface area (Å²) in [5, 5.41) is 0. The Morgan fingerprint density at radius 2 is 2.03 bits per heavy atom. The summed E-state index contributed by atoms with van der Waals surface area (Å²) < 4.78 is 34.2. The van der Waals surface area contributed by atoms with Crippen molar-refractivity contribution in [1.82, 2.24) is 4.90 Å². The maximum atomic E-state index is 14.2. The Morgan fingerprint density at radius 3 is 2.73 bits per heavy atom. The molecule has 1 aliphatic carbocycles. The first kappa shape index (κ1) is 26.6. The molecule has 0 aromatic heterocycles. The summed E-state index contributed by atoms with van der Waals surface area (Å²) in [5.41, 5.74) is 3.33. The average Bonchev–Trinajstić information content (AvgIpc) is 2.88. The predicted molar refractivity (Wildman–Crippen MR) is 130 cm³/mol. The third-order valence-corrected chi connectivity index (χ3v) is 5.30. The van der Waals surface area contributed by atoms with Crippen molar-refractivity contribution in [3.8, 4) is 0 Å². The molecule has 0 saturated heterocycles. The van der Waals surface area contributed by atoms with E-state index in [0.717, 1.165) is 12.3 Å². The lowest BCUT2D eigenvalue weighted by atomic mass is 9.94. The standard InChI is InChI=1S/C26H35F2N3O2/c1-6-31(18-20-16-25(33-26(3,4)5)30-14-9-13-29-20)15-12-19(2)24(32)17-21-22(27)10-7-8-11-23(21)28/h7-8,10-11,13-14,19,22H,6,12,15-18H2,1-5H3. The molecular weight excluding hydrogens is 424 g/mol. The monoisotopic (exact) mass is 459 g/mol. The van der Waals surface area contributed by atoms with Gasteiger partial charge in [0.15, 0.2) is 5.90 Å². The minimum atomic E-state index is -1.58. The summed E-state index contributed by atoms with van der Waals surface area (Å²) in [4.78, 5) is 23.7. The molecule has 33 heavy (non-hydrogen) atoms. The van der Waals surface area contributed by atoms with E-state index in [0.29, 0.717) is 31.8 Å². The number of ketones is 1. The summed E-state index contributed by atoms with van der Waals surface area (Å²) in [5.74, 6) is -0.551. The normalized spacial score (nSPS) is 19.7. The van der Waals surface area contributed by atoms with Gasteiger partial charge in [-0.15, -0.1) is 0 Å². The van der Waals surface area contributed by atoms with Crippen LogP contribution in [0, 0.1) is 5.92 Å². The van der Waals surface area contributed by atoms with Crippen LogP contribution in [-0.4, -0.2) is 53.7 Å². The number of allylic oxidation sites excluding steroid dienone is 6. The van der Waals surface area contributed by atoms with Gasteiger partial charge in [-0.1, -0.05) is 31.7 Å². The van der Waals surface area contributed by atoms with E-state index >= 15 is 0 Å². The molecule has 2 atom stereocenters. The Labute approximate surface area is 196 Å². The Hall–Kier alpha value is -2.63. The topological polar surface area (TPSA) is 54.3 Å². The quantitative estimate of drug-likeness (QED) is 0.418. The van der Waals surface area contributed by atoms with Gasteiger partial charge in [0.2, 0.25) is 0 Å². The molecule has 7 heteroatoms. The number of rotatable bonds is 9. The van der Waals surface area contributed by atoms with Gasteiger partial charge >= 0.3 is 0 Å². The fraction of sp³-hybridized carbons (Fsp3) is 0.538. The highest BCUT2D eigenvalue weighted by Gasteiger charge is 2.23. The number of alkyl halides is 1. The van der Waals surface area contributed by atoms with Crippen LogP contribution in [0.5, 0.6) is 0 Å². The van der Waals surface area contributed by atoms with Crippen LogP contribution >= 0.6 is 0 Å². The molecule has 5 nitrogen and oxygen atoms in total. The van der Waals surface area contributed by atoms with Crippen molar-refractivity contribution < 1.29 is 18.3 Å². The van der Waals surface area contributed by atoms with Gasteiger partial charge in [-0.2, -0.15) is 0 Å². The number of aliphatic imine (C=N–C) groups is 2. The first-order valence-corrected chi connectivity index (χ1v) is 11.4. The Morgan fingerprint density at radius 1 is 1.30 bits per heavy atom. The summed E-state index contributed by atoms with van der Waals surface area (Å²) >= 11 is 0. The molecule has 0 spiro atoms. The second kappa shape index (κ2) is 12.6. The van der Waals surface area contributed by atoms with Crippen LogP contribution in [-0.2, 0) is 9.53 Å². The fourth-order valence-electron chi connectivity index (χ4n) is 3.39. The van der Waals surface area contributed by atoms with Crippen molar-refractivity contribution in [1.29, 1.82) is 0 Å². The molecule has 0 fully saturated rings. The molecule has 0 N–H and O–H groups in total. The van der Waals surface area contributed by atoms with Gasteiger partial charge in [0.25, 0.3) is 0 Å². The number of ether oxygens (including phenoxy) is 1. The summed E-state index contributed by atoms with van der Waals surface area (Å²) in [6.07, 6.45) is 7.78. The Kier molecular flexibility index (Phi) is 10.1. The number of carbonyl (C=O) groups excluding carboxylic acids is 1.